The molecule has 0 saturated carbocycles. The molecule has 0 radical (unpaired) electrons. The van der Waals surface area contributed by atoms with E-state index in [1.165, 1.54) is 32.2 Å². The number of hydrogen-bond donors (Lipinski definition) is 0. The Morgan fingerprint density at radius 3 is 2.45 bits per heavy atom. The number of benzene rings is 2. The van der Waals surface area contributed by atoms with Crippen LogP contribution < -0.4 is 10.4 Å². The third-order valence-electron chi connectivity index (χ3n) is 4.18. The maximum Gasteiger partial charge on any atom is 0.419 e. The van der Waals surface area contributed by atoms with Gasteiger partial charge in [-0.2, -0.15) is 22.5 Å². The molecule has 0 fully saturated rings. The summed E-state index contributed by atoms with van der Waals surface area (Å²) in [7, 11) is 1.32. The van der Waals surface area contributed by atoms with Crippen molar-refractivity contribution in [2.24, 2.45) is 7.05 Å². The SMILES string of the molecule is Cc1ccc(OCc2c(C(F)F)cccc2-n2nnn(C)c2=O)c(C(F)(F)F)c1. The summed E-state index contributed by atoms with van der Waals surface area (Å²) in [5.74, 6) is -0.510. The van der Waals surface area contributed by atoms with Gasteiger partial charge >= 0.3 is 11.9 Å². The summed E-state index contributed by atoms with van der Waals surface area (Å²) in [6.07, 6.45) is -7.63. The lowest BCUT2D eigenvalue weighted by molar-refractivity contribution is -0.139. The van der Waals surface area contributed by atoms with E-state index in [9.17, 15) is 26.7 Å². The summed E-state index contributed by atoms with van der Waals surface area (Å²) in [6, 6.07) is 7.17. The first-order valence-electron chi connectivity index (χ1n) is 8.29. The first-order chi connectivity index (χ1) is 13.6. The number of nitrogens with zero attached hydrogens (tertiary/aromatic N) is 4. The highest BCUT2D eigenvalue weighted by atomic mass is 19.4. The van der Waals surface area contributed by atoms with Crippen LogP contribution in [0.1, 0.15) is 28.7 Å². The van der Waals surface area contributed by atoms with Crippen molar-refractivity contribution in [3.05, 3.63) is 69.1 Å². The predicted octanol–water partition coefficient (Wildman–Crippen LogP) is 3.81. The van der Waals surface area contributed by atoms with Gasteiger partial charge in [0.25, 0.3) is 6.43 Å². The zero-order valence-electron chi connectivity index (χ0n) is 15.2. The molecule has 0 aliphatic heterocycles. The van der Waals surface area contributed by atoms with Gasteiger partial charge in [0, 0.05) is 18.2 Å². The van der Waals surface area contributed by atoms with Crippen molar-refractivity contribution < 1.29 is 26.7 Å². The zero-order valence-corrected chi connectivity index (χ0v) is 15.2. The van der Waals surface area contributed by atoms with Crippen molar-refractivity contribution in [2.45, 2.75) is 26.1 Å². The molecule has 154 valence electrons. The molecule has 0 N–H and O–H groups in total. The van der Waals surface area contributed by atoms with Crippen LogP contribution in [0.5, 0.6) is 5.75 Å². The fraction of sp³-hybridized carbons (Fsp3) is 0.278. The van der Waals surface area contributed by atoms with E-state index in [0.29, 0.717) is 5.56 Å². The molecule has 3 aromatic rings. The highest BCUT2D eigenvalue weighted by Gasteiger charge is 2.34. The molecule has 1 heterocycles. The lowest BCUT2D eigenvalue weighted by Crippen LogP contribution is -2.23. The highest BCUT2D eigenvalue weighted by molar-refractivity contribution is 5.46. The van der Waals surface area contributed by atoms with Crippen LogP contribution in [0.4, 0.5) is 22.0 Å². The molecular formula is C18H15F5N4O2. The topological polar surface area (TPSA) is 61.9 Å². The molecule has 0 aliphatic carbocycles. The van der Waals surface area contributed by atoms with Crippen molar-refractivity contribution >= 4 is 0 Å². The Morgan fingerprint density at radius 2 is 1.86 bits per heavy atom. The van der Waals surface area contributed by atoms with Crippen LogP contribution in [0.25, 0.3) is 5.69 Å². The molecule has 0 spiro atoms. The number of alkyl halides is 5. The Labute approximate surface area is 161 Å². The Hall–Kier alpha value is -3.24. The molecule has 11 heteroatoms. The normalized spacial score (nSPS) is 11.9. The average molecular weight is 414 g/mol. The van der Waals surface area contributed by atoms with Crippen LogP contribution in [-0.2, 0) is 19.8 Å². The van der Waals surface area contributed by atoms with Crippen molar-refractivity contribution in [2.75, 3.05) is 0 Å². The summed E-state index contributed by atoms with van der Waals surface area (Å²) in [5.41, 5.74) is -2.07. The summed E-state index contributed by atoms with van der Waals surface area (Å²) < 4.78 is 73.9. The molecule has 1 aromatic heterocycles. The number of aromatic nitrogens is 4. The van der Waals surface area contributed by atoms with E-state index in [1.54, 1.807) is 0 Å². The summed E-state index contributed by atoms with van der Waals surface area (Å²) >= 11 is 0. The van der Waals surface area contributed by atoms with Gasteiger partial charge in [0.05, 0.1) is 11.3 Å². The largest absolute Gasteiger partial charge is 0.488 e. The molecule has 29 heavy (non-hydrogen) atoms. The van der Waals surface area contributed by atoms with Crippen LogP contribution in [0.3, 0.4) is 0 Å². The lowest BCUT2D eigenvalue weighted by Gasteiger charge is -2.17. The van der Waals surface area contributed by atoms with E-state index in [0.717, 1.165) is 27.6 Å². The van der Waals surface area contributed by atoms with E-state index in [4.69, 9.17) is 4.74 Å². The number of tetrazole rings is 1. The maximum atomic E-state index is 13.5. The second-order valence-electron chi connectivity index (χ2n) is 6.23. The Balaban J connectivity index is 2.06. The molecule has 0 saturated heterocycles. The third-order valence-corrected chi connectivity index (χ3v) is 4.18. The average Bonchev–Trinajstić information content (AvgIpc) is 2.98. The van der Waals surface area contributed by atoms with Crippen molar-refractivity contribution in [3.63, 3.8) is 0 Å². The van der Waals surface area contributed by atoms with Gasteiger partial charge in [-0.1, -0.05) is 23.8 Å². The van der Waals surface area contributed by atoms with Gasteiger partial charge in [-0.05, 0) is 35.5 Å². The molecular weight excluding hydrogens is 399 g/mol. The maximum absolute atomic E-state index is 13.5. The number of aryl methyl sites for hydroxylation is 2. The molecule has 0 amide bonds. The number of ether oxygens (including phenoxy) is 1. The van der Waals surface area contributed by atoms with Gasteiger partial charge < -0.3 is 4.74 Å². The van der Waals surface area contributed by atoms with Crippen LogP contribution in [0.2, 0.25) is 0 Å². The number of halogens is 5. The zero-order chi connectivity index (χ0) is 21.3. The van der Waals surface area contributed by atoms with Crippen LogP contribution in [0.15, 0.2) is 41.2 Å². The van der Waals surface area contributed by atoms with Gasteiger partial charge in [-0.15, -0.1) is 0 Å². The van der Waals surface area contributed by atoms with Crippen LogP contribution in [-0.4, -0.2) is 19.8 Å². The fourth-order valence-corrected chi connectivity index (χ4v) is 2.76. The number of hydrogen-bond acceptors (Lipinski definition) is 4. The van der Waals surface area contributed by atoms with Crippen LogP contribution in [0, 0.1) is 6.92 Å². The molecule has 0 aliphatic rings. The monoisotopic (exact) mass is 414 g/mol. The van der Waals surface area contributed by atoms with Crippen molar-refractivity contribution in [1.82, 2.24) is 19.8 Å². The quantitative estimate of drug-likeness (QED) is 0.596. The Morgan fingerprint density at radius 1 is 1.14 bits per heavy atom. The van der Waals surface area contributed by atoms with Gasteiger partial charge in [-0.25, -0.2) is 13.6 Å². The van der Waals surface area contributed by atoms with E-state index in [-0.39, 0.29) is 11.3 Å². The van der Waals surface area contributed by atoms with E-state index < -0.39 is 41.8 Å². The highest BCUT2D eigenvalue weighted by Crippen LogP contribution is 2.37. The third kappa shape index (κ3) is 4.13. The first-order valence-corrected chi connectivity index (χ1v) is 8.29. The standard InChI is InChI=1S/C18H15F5N4O2/c1-10-6-7-15(13(8-10)18(21,22)23)29-9-12-11(16(19)20)4-3-5-14(12)27-17(28)26(2)24-25-27/h3-8,16H,9H2,1-2H3. The first kappa shape index (κ1) is 20.5. The van der Waals surface area contributed by atoms with Gasteiger partial charge in [0.15, 0.2) is 0 Å². The second kappa shape index (κ2) is 7.64. The number of rotatable bonds is 5. The van der Waals surface area contributed by atoms with E-state index >= 15 is 0 Å². The van der Waals surface area contributed by atoms with Gasteiger partial charge in [0.1, 0.15) is 12.4 Å². The van der Waals surface area contributed by atoms with E-state index in [2.05, 4.69) is 10.4 Å². The predicted molar refractivity (Wildman–Crippen MR) is 92.1 cm³/mol. The van der Waals surface area contributed by atoms with Crippen molar-refractivity contribution in [1.29, 1.82) is 0 Å². The van der Waals surface area contributed by atoms with Crippen molar-refractivity contribution in [3.8, 4) is 11.4 Å². The summed E-state index contributed by atoms with van der Waals surface area (Å²) in [5, 5.41) is 7.13. The molecule has 3 rings (SSSR count). The Bertz CT molecular complexity index is 1090. The molecule has 6 nitrogen and oxygen atoms in total. The Kier molecular flexibility index (Phi) is 5.40. The second-order valence-corrected chi connectivity index (χ2v) is 6.23. The molecule has 2 aromatic carbocycles. The smallest absolute Gasteiger partial charge is 0.419 e. The minimum Gasteiger partial charge on any atom is -0.488 e. The molecule has 0 atom stereocenters. The van der Waals surface area contributed by atoms with E-state index in [1.807, 2.05) is 0 Å². The lowest BCUT2D eigenvalue weighted by atomic mass is 10.1. The summed E-state index contributed by atoms with van der Waals surface area (Å²) in [6.45, 7) is 0.856. The minimum absolute atomic E-state index is 0.0541. The summed E-state index contributed by atoms with van der Waals surface area (Å²) in [4.78, 5) is 12.1. The van der Waals surface area contributed by atoms with Crippen LogP contribution >= 0.6 is 0 Å². The fourth-order valence-electron chi connectivity index (χ4n) is 2.76. The van der Waals surface area contributed by atoms with Gasteiger partial charge in [0.2, 0.25) is 0 Å². The molecule has 0 unspecified atom stereocenters. The van der Waals surface area contributed by atoms with Gasteiger partial charge in [-0.3, -0.25) is 0 Å². The minimum atomic E-state index is -4.69. The molecule has 0 bridgehead atoms.